The van der Waals surface area contributed by atoms with Crippen LogP contribution in [0.15, 0.2) is 21.3 Å². The molecule has 1 aliphatic heterocycles. The Hall–Kier alpha value is -0.480. The van der Waals surface area contributed by atoms with Crippen molar-refractivity contribution in [3.63, 3.8) is 0 Å². The number of halogens is 2. The van der Waals surface area contributed by atoms with Crippen molar-refractivity contribution in [2.24, 2.45) is 0 Å². The summed E-state index contributed by atoms with van der Waals surface area (Å²) in [5.74, 6) is -0.268. The van der Waals surface area contributed by atoms with Gasteiger partial charge >= 0.3 is 0 Å². The molecule has 0 N–H and O–H groups in total. The van der Waals surface area contributed by atoms with E-state index in [2.05, 4.69) is 20.9 Å². The molecule has 0 spiro atoms. The number of carbonyl (C=O) groups excluding carboxylic acids is 1. The first-order chi connectivity index (χ1) is 9.86. The summed E-state index contributed by atoms with van der Waals surface area (Å²) in [5, 5.41) is 3.42. The number of hydrogen-bond acceptors (Lipinski definition) is 6. The normalized spacial score (nSPS) is 19.4. The fourth-order valence-electron chi connectivity index (χ4n) is 2.02. The van der Waals surface area contributed by atoms with Crippen LogP contribution in [0.2, 0.25) is 0 Å². The molecule has 10 heteroatoms. The largest absolute Gasteiger partial charge is 0.287 e. The van der Waals surface area contributed by atoms with E-state index in [4.69, 9.17) is 10.7 Å². The molecule has 1 amide bonds. The number of thiazole rings is 1. The topological polar surface area (TPSA) is 67.3 Å². The third-order valence-corrected chi connectivity index (χ3v) is 7.65. The molecule has 0 aliphatic carbocycles. The summed E-state index contributed by atoms with van der Waals surface area (Å²) in [7, 11) is 1.60. The second kappa shape index (κ2) is 5.62. The first kappa shape index (κ1) is 15.4. The van der Waals surface area contributed by atoms with Crippen LogP contribution in [0.5, 0.6) is 0 Å². The molecule has 2 aromatic rings. The average molecular weight is 428 g/mol. The Balaban J connectivity index is 1.88. The minimum Gasteiger partial charge on any atom is -0.287 e. The number of thiophene rings is 1. The van der Waals surface area contributed by atoms with E-state index >= 15 is 0 Å². The van der Waals surface area contributed by atoms with Crippen molar-refractivity contribution in [2.75, 3.05) is 11.4 Å². The zero-order chi connectivity index (χ0) is 15.2. The monoisotopic (exact) mass is 426 g/mol. The zero-order valence-electron chi connectivity index (χ0n) is 10.3. The standard InChI is InChI=1S/C11H8BrClN2O3S3/c12-7-1-2-19-10(7)8-5-20-11(14-8)15-4-6(3-9(15)16)21(13,17)18/h1-2,5-6H,3-4H2. The second-order valence-electron chi connectivity index (χ2n) is 4.42. The van der Waals surface area contributed by atoms with Gasteiger partial charge in [0.2, 0.25) is 15.0 Å². The molecule has 5 nitrogen and oxygen atoms in total. The second-order valence-corrected chi connectivity index (χ2v) is 9.93. The van der Waals surface area contributed by atoms with Gasteiger partial charge in [-0.3, -0.25) is 9.69 Å². The minimum absolute atomic E-state index is 0.0588. The van der Waals surface area contributed by atoms with Gasteiger partial charge in [0.05, 0.1) is 10.6 Å². The highest BCUT2D eigenvalue weighted by molar-refractivity contribution is 9.10. The van der Waals surface area contributed by atoms with Crippen LogP contribution in [0, 0.1) is 0 Å². The SMILES string of the molecule is O=C1CC(S(=O)(=O)Cl)CN1c1nc(-c2sccc2Br)cs1. The number of aromatic nitrogens is 1. The van der Waals surface area contributed by atoms with Crippen molar-refractivity contribution in [1.29, 1.82) is 0 Å². The molecule has 0 bridgehead atoms. The predicted octanol–water partition coefficient (Wildman–Crippen LogP) is 3.31. The summed E-state index contributed by atoms with van der Waals surface area (Å²) in [6.07, 6.45) is -0.0938. The van der Waals surface area contributed by atoms with E-state index in [9.17, 15) is 13.2 Å². The lowest BCUT2D eigenvalue weighted by Gasteiger charge is -2.11. The fourth-order valence-corrected chi connectivity index (χ4v) is 5.50. The number of amides is 1. The molecule has 1 atom stereocenters. The van der Waals surface area contributed by atoms with Crippen molar-refractivity contribution in [2.45, 2.75) is 11.7 Å². The maximum atomic E-state index is 12.0. The smallest absolute Gasteiger partial charge is 0.237 e. The molecule has 112 valence electrons. The van der Waals surface area contributed by atoms with Gasteiger partial charge in [0.15, 0.2) is 5.13 Å². The maximum Gasteiger partial charge on any atom is 0.237 e. The molecule has 0 aromatic carbocycles. The third-order valence-electron chi connectivity index (χ3n) is 3.06. The highest BCUT2D eigenvalue weighted by Gasteiger charge is 2.39. The van der Waals surface area contributed by atoms with Crippen LogP contribution in [-0.4, -0.2) is 31.1 Å². The van der Waals surface area contributed by atoms with Crippen molar-refractivity contribution in [3.8, 4) is 10.6 Å². The third kappa shape index (κ3) is 3.02. The van der Waals surface area contributed by atoms with Crippen LogP contribution in [0.25, 0.3) is 10.6 Å². The predicted molar refractivity (Wildman–Crippen MR) is 88.7 cm³/mol. The quantitative estimate of drug-likeness (QED) is 0.705. The van der Waals surface area contributed by atoms with E-state index < -0.39 is 14.3 Å². The summed E-state index contributed by atoms with van der Waals surface area (Å²) >= 11 is 6.29. The van der Waals surface area contributed by atoms with E-state index in [-0.39, 0.29) is 18.9 Å². The van der Waals surface area contributed by atoms with Crippen molar-refractivity contribution < 1.29 is 13.2 Å². The Morgan fingerprint density at radius 1 is 1.43 bits per heavy atom. The molecule has 1 aliphatic rings. The summed E-state index contributed by atoms with van der Waals surface area (Å²) in [5.41, 5.74) is 0.766. The van der Waals surface area contributed by atoms with Crippen LogP contribution >= 0.6 is 49.3 Å². The van der Waals surface area contributed by atoms with Gasteiger partial charge < -0.3 is 0 Å². The molecular weight excluding hydrogens is 420 g/mol. The molecule has 1 unspecified atom stereocenters. The van der Waals surface area contributed by atoms with Gasteiger partial charge in [0, 0.05) is 33.5 Å². The molecular formula is C11H8BrClN2O3S3. The van der Waals surface area contributed by atoms with Gasteiger partial charge in [-0.25, -0.2) is 13.4 Å². The van der Waals surface area contributed by atoms with E-state index in [1.54, 1.807) is 11.3 Å². The highest BCUT2D eigenvalue weighted by Crippen LogP contribution is 2.37. The molecule has 0 radical (unpaired) electrons. The molecule has 21 heavy (non-hydrogen) atoms. The van der Waals surface area contributed by atoms with Crippen LogP contribution in [0.3, 0.4) is 0 Å². The highest BCUT2D eigenvalue weighted by atomic mass is 79.9. The molecule has 3 rings (SSSR count). The first-order valence-electron chi connectivity index (χ1n) is 5.79. The van der Waals surface area contributed by atoms with Crippen LogP contribution in [0.1, 0.15) is 6.42 Å². The summed E-state index contributed by atoms with van der Waals surface area (Å²) < 4.78 is 23.7. The van der Waals surface area contributed by atoms with E-state index in [1.807, 2.05) is 16.8 Å². The van der Waals surface area contributed by atoms with E-state index in [1.165, 1.54) is 16.2 Å². The average Bonchev–Trinajstić information content (AvgIpc) is 3.06. The number of anilines is 1. The molecule has 1 fully saturated rings. The Kier molecular flexibility index (Phi) is 4.12. The zero-order valence-corrected chi connectivity index (χ0v) is 15.1. The Labute approximate surface area is 142 Å². The van der Waals surface area contributed by atoms with Crippen molar-refractivity contribution in [1.82, 2.24) is 4.98 Å². The van der Waals surface area contributed by atoms with Gasteiger partial charge in [-0.15, -0.1) is 22.7 Å². The lowest BCUT2D eigenvalue weighted by molar-refractivity contribution is -0.117. The Bertz CT molecular complexity index is 801. The molecule has 1 saturated heterocycles. The number of hydrogen-bond donors (Lipinski definition) is 0. The van der Waals surface area contributed by atoms with Gasteiger partial charge in [0.25, 0.3) is 0 Å². The summed E-state index contributed by atoms with van der Waals surface area (Å²) in [6, 6.07) is 1.93. The van der Waals surface area contributed by atoms with Crippen LogP contribution in [-0.2, 0) is 13.8 Å². The number of nitrogens with zero attached hydrogens (tertiary/aromatic N) is 2. The molecule has 2 aromatic heterocycles. The lowest BCUT2D eigenvalue weighted by Crippen LogP contribution is -2.26. The summed E-state index contributed by atoms with van der Waals surface area (Å²) in [6.45, 7) is 0.0588. The van der Waals surface area contributed by atoms with Crippen molar-refractivity contribution in [3.05, 3.63) is 21.3 Å². The van der Waals surface area contributed by atoms with Gasteiger partial charge in [0.1, 0.15) is 5.25 Å². The Morgan fingerprint density at radius 3 is 2.76 bits per heavy atom. The molecule has 0 saturated carbocycles. The van der Waals surface area contributed by atoms with E-state index in [0.717, 1.165) is 15.0 Å². The minimum atomic E-state index is -3.74. The van der Waals surface area contributed by atoms with Gasteiger partial charge in [-0.2, -0.15) is 0 Å². The lowest BCUT2D eigenvalue weighted by atomic mass is 10.4. The number of rotatable bonds is 3. The first-order valence-corrected chi connectivity index (χ1v) is 10.7. The molecule has 3 heterocycles. The fraction of sp³-hybridized carbons (Fsp3) is 0.273. The van der Waals surface area contributed by atoms with Gasteiger partial charge in [-0.05, 0) is 27.4 Å². The van der Waals surface area contributed by atoms with Crippen LogP contribution in [0.4, 0.5) is 5.13 Å². The number of carbonyl (C=O) groups is 1. The van der Waals surface area contributed by atoms with Crippen molar-refractivity contribution >= 4 is 69.4 Å². The Morgan fingerprint density at radius 2 is 2.19 bits per heavy atom. The van der Waals surface area contributed by atoms with Gasteiger partial charge in [-0.1, -0.05) is 0 Å². The van der Waals surface area contributed by atoms with Crippen LogP contribution < -0.4 is 4.90 Å². The maximum absolute atomic E-state index is 12.0. The summed E-state index contributed by atoms with van der Waals surface area (Å²) in [4.78, 5) is 18.8. The van der Waals surface area contributed by atoms with E-state index in [0.29, 0.717) is 5.13 Å².